The number of alkyl halides is 3. The predicted molar refractivity (Wildman–Crippen MR) is 99.5 cm³/mol. The monoisotopic (exact) mass is 418 g/mol. The van der Waals surface area contributed by atoms with Gasteiger partial charge in [0.25, 0.3) is 5.91 Å². The van der Waals surface area contributed by atoms with Crippen molar-refractivity contribution >= 4 is 5.91 Å². The van der Waals surface area contributed by atoms with Crippen LogP contribution < -0.4 is 9.47 Å². The summed E-state index contributed by atoms with van der Waals surface area (Å²) in [5, 5.41) is 4.12. The molecule has 0 unspecified atom stereocenters. The SMILES string of the molecule is Cc1c(C(=O)N(C)Cc2ccc3c(c2)OCO3)cnn1-c1ccc(C(F)(F)F)cn1. The number of hydrogen-bond donors (Lipinski definition) is 0. The van der Waals surface area contributed by atoms with Crippen LogP contribution in [-0.4, -0.2) is 39.4 Å². The second-order valence-electron chi connectivity index (χ2n) is 6.81. The number of rotatable bonds is 4. The summed E-state index contributed by atoms with van der Waals surface area (Å²) in [5.41, 5.74) is 0.824. The van der Waals surface area contributed by atoms with Crippen molar-refractivity contribution in [1.82, 2.24) is 19.7 Å². The Kier molecular flexibility index (Phi) is 4.84. The largest absolute Gasteiger partial charge is 0.454 e. The minimum atomic E-state index is -4.47. The molecule has 30 heavy (non-hydrogen) atoms. The van der Waals surface area contributed by atoms with E-state index in [9.17, 15) is 18.0 Å². The van der Waals surface area contributed by atoms with Gasteiger partial charge in [-0.3, -0.25) is 4.79 Å². The number of pyridine rings is 1. The average molecular weight is 418 g/mol. The minimum absolute atomic E-state index is 0.171. The number of ether oxygens (including phenoxy) is 2. The number of amides is 1. The number of carbonyl (C=O) groups excluding carboxylic acids is 1. The van der Waals surface area contributed by atoms with Gasteiger partial charge < -0.3 is 14.4 Å². The van der Waals surface area contributed by atoms with E-state index in [1.54, 1.807) is 20.0 Å². The van der Waals surface area contributed by atoms with Crippen molar-refractivity contribution in [3.8, 4) is 17.3 Å². The van der Waals surface area contributed by atoms with Crippen molar-refractivity contribution in [2.24, 2.45) is 0 Å². The van der Waals surface area contributed by atoms with Gasteiger partial charge in [-0.2, -0.15) is 18.3 Å². The highest BCUT2D eigenvalue weighted by atomic mass is 19.4. The van der Waals surface area contributed by atoms with Crippen molar-refractivity contribution in [2.45, 2.75) is 19.6 Å². The summed E-state index contributed by atoms with van der Waals surface area (Å²) in [6, 6.07) is 7.59. The summed E-state index contributed by atoms with van der Waals surface area (Å²) in [5.74, 6) is 1.21. The van der Waals surface area contributed by atoms with Crippen LogP contribution in [0, 0.1) is 6.92 Å². The number of nitrogens with zero attached hydrogens (tertiary/aromatic N) is 4. The van der Waals surface area contributed by atoms with E-state index < -0.39 is 11.7 Å². The van der Waals surface area contributed by atoms with E-state index in [0.717, 1.165) is 17.8 Å². The lowest BCUT2D eigenvalue weighted by molar-refractivity contribution is -0.137. The Morgan fingerprint density at radius 1 is 1.17 bits per heavy atom. The lowest BCUT2D eigenvalue weighted by atomic mass is 10.1. The van der Waals surface area contributed by atoms with E-state index in [2.05, 4.69) is 10.1 Å². The first kappa shape index (κ1) is 19.7. The predicted octanol–water partition coefficient (Wildman–Crippen LogP) is 3.60. The number of halogens is 3. The first-order valence-corrected chi connectivity index (χ1v) is 8.96. The van der Waals surface area contributed by atoms with Gasteiger partial charge in [-0.05, 0) is 36.8 Å². The first-order chi connectivity index (χ1) is 14.2. The van der Waals surface area contributed by atoms with Gasteiger partial charge in [-0.15, -0.1) is 0 Å². The molecule has 0 N–H and O–H groups in total. The van der Waals surface area contributed by atoms with Crippen molar-refractivity contribution in [3.05, 3.63) is 65.1 Å². The van der Waals surface area contributed by atoms with Crippen molar-refractivity contribution < 1.29 is 27.4 Å². The van der Waals surface area contributed by atoms with Gasteiger partial charge in [-0.1, -0.05) is 6.07 Å². The molecule has 0 aliphatic carbocycles. The number of aromatic nitrogens is 3. The number of hydrogen-bond acceptors (Lipinski definition) is 5. The lowest BCUT2D eigenvalue weighted by Gasteiger charge is -2.17. The average Bonchev–Trinajstić information content (AvgIpc) is 3.33. The van der Waals surface area contributed by atoms with Crippen LogP contribution >= 0.6 is 0 Å². The molecule has 3 aromatic rings. The van der Waals surface area contributed by atoms with Crippen molar-refractivity contribution in [2.75, 3.05) is 13.8 Å². The highest BCUT2D eigenvalue weighted by Crippen LogP contribution is 2.33. The molecular weight excluding hydrogens is 401 g/mol. The van der Waals surface area contributed by atoms with Crippen LogP contribution in [0.3, 0.4) is 0 Å². The van der Waals surface area contributed by atoms with Crippen LogP contribution in [0.5, 0.6) is 11.5 Å². The molecule has 3 heterocycles. The Labute approximate surface area is 169 Å². The zero-order valence-electron chi connectivity index (χ0n) is 16.1. The van der Waals surface area contributed by atoms with E-state index in [-0.39, 0.29) is 18.5 Å². The van der Waals surface area contributed by atoms with Gasteiger partial charge in [0.15, 0.2) is 17.3 Å². The summed E-state index contributed by atoms with van der Waals surface area (Å²) in [4.78, 5) is 18.2. The van der Waals surface area contributed by atoms with Crippen LogP contribution in [-0.2, 0) is 12.7 Å². The maximum absolute atomic E-state index is 12.9. The van der Waals surface area contributed by atoms with Crippen LogP contribution in [0.15, 0.2) is 42.7 Å². The lowest BCUT2D eigenvalue weighted by Crippen LogP contribution is -2.26. The maximum Gasteiger partial charge on any atom is 0.417 e. The molecule has 0 radical (unpaired) electrons. The number of carbonyl (C=O) groups is 1. The van der Waals surface area contributed by atoms with Crippen LogP contribution in [0.1, 0.15) is 27.2 Å². The molecule has 7 nitrogen and oxygen atoms in total. The standard InChI is InChI=1S/C20H17F3N4O3/c1-12-15(9-25-27(12)18-6-4-14(8-24-18)20(21,22)23)19(28)26(2)10-13-3-5-16-17(7-13)30-11-29-16/h3-9H,10-11H2,1-2H3. The fraction of sp³-hybridized carbons (Fsp3) is 0.250. The molecule has 0 bridgehead atoms. The molecule has 1 aromatic carbocycles. The van der Waals surface area contributed by atoms with E-state index in [0.29, 0.717) is 29.3 Å². The molecule has 156 valence electrons. The molecule has 1 aliphatic heterocycles. The zero-order valence-corrected chi connectivity index (χ0v) is 16.1. The summed E-state index contributed by atoms with van der Waals surface area (Å²) >= 11 is 0. The molecule has 4 rings (SSSR count). The third-order valence-corrected chi connectivity index (χ3v) is 4.74. The smallest absolute Gasteiger partial charge is 0.417 e. The maximum atomic E-state index is 12.9. The van der Waals surface area contributed by atoms with Gasteiger partial charge in [-0.25, -0.2) is 9.67 Å². The summed E-state index contributed by atoms with van der Waals surface area (Å²) < 4.78 is 50.1. The molecule has 0 fully saturated rings. The van der Waals surface area contributed by atoms with Crippen LogP contribution in [0.25, 0.3) is 5.82 Å². The third kappa shape index (κ3) is 3.68. The van der Waals surface area contributed by atoms with E-state index >= 15 is 0 Å². The molecule has 10 heteroatoms. The van der Waals surface area contributed by atoms with Gasteiger partial charge in [0.05, 0.1) is 23.0 Å². The zero-order chi connectivity index (χ0) is 21.5. The molecular formula is C20H17F3N4O3. The quantitative estimate of drug-likeness (QED) is 0.648. The summed E-state index contributed by atoms with van der Waals surface area (Å²) in [7, 11) is 1.65. The van der Waals surface area contributed by atoms with Crippen LogP contribution in [0.2, 0.25) is 0 Å². The normalized spacial score (nSPS) is 12.8. The molecule has 0 saturated carbocycles. The highest BCUT2D eigenvalue weighted by molar-refractivity contribution is 5.95. The minimum Gasteiger partial charge on any atom is -0.454 e. The van der Waals surface area contributed by atoms with Gasteiger partial charge in [0.1, 0.15) is 0 Å². The van der Waals surface area contributed by atoms with Crippen LogP contribution in [0.4, 0.5) is 13.2 Å². The Morgan fingerprint density at radius 3 is 2.63 bits per heavy atom. The fourth-order valence-corrected chi connectivity index (χ4v) is 3.12. The number of fused-ring (bicyclic) bond motifs is 1. The van der Waals surface area contributed by atoms with Gasteiger partial charge in [0, 0.05) is 19.8 Å². The second kappa shape index (κ2) is 7.36. The summed E-state index contributed by atoms with van der Waals surface area (Å²) in [6.07, 6.45) is -2.35. The van der Waals surface area contributed by atoms with Crippen molar-refractivity contribution in [1.29, 1.82) is 0 Å². The van der Waals surface area contributed by atoms with Crippen molar-refractivity contribution in [3.63, 3.8) is 0 Å². The highest BCUT2D eigenvalue weighted by Gasteiger charge is 2.31. The second-order valence-corrected chi connectivity index (χ2v) is 6.81. The molecule has 0 spiro atoms. The molecule has 0 atom stereocenters. The Morgan fingerprint density at radius 2 is 1.93 bits per heavy atom. The topological polar surface area (TPSA) is 69.5 Å². The Balaban J connectivity index is 1.52. The van der Waals surface area contributed by atoms with Gasteiger partial charge >= 0.3 is 6.18 Å². The Hall–Kier alpha value is -3.56. The molecule has 1 amide bonds. The van der Waals surface area contributed by atoms with Gasteiger partial charge in [0.2, 0.25) is 6.79 Å². The Bertz CT molecular complexity index is 1090. The molecule has 1 aliphatic rings. The molecule has 0 saturated heterocycles. The third-order valence-electron chi connectivity index (χ3n) is 4.74. The van der Waals surface area contributed by atoms with E-state index in [4.69, 9.17) is 9.47 Å². The number of benzene rings is 1. The summed E-state index contributed by atoms with van der Waals surface area (Å²) in [6.45, 7) is 2.16. The molecule has 2 aromatic heterocycles. The van der Waals surface area contributed by atoms with E-state index in [1.165, 1.54) is 21.8 Å². The first-order valence-electron chi connectivity index (χ1n) is 8.96. The van der Waals surface area contributed by atoms with E-state index in [1.807, 2.05) is 12.1 Å². The fourth-order valence-electron chi connectivity index (χ4n) is 3.12.